The highest BCUT2D eigenvalue weighted by Gasteiger charge is 2.33. The summed E-state index contributed by atoms with van der Waals surface area (Å²) in [6, 6.07) is 25.7. The monoisotopic (exact) mass is 530 g/mol. The molecule has 2 amide bonds. The number of nitrogens with one attached hydrogen (secondary N) is 1. The number of carboxylic acids is 1. The third kappa shape index (κ3) is 8.99. The van der Waals surface area contributed by atoms with E-state index in [1.165, 1.54) is 4.90 Å². The van der Waals surface area contributed by atoms with Crippen molar-refractivity contribution in [2.24, 2.45) is 5.92 Å². The molecule has 0 aromatic heterocycles. The van der Waals surface area contributed by atoms with Gasteiger partial charge in [-0.3, -0.25) is 4.79 Å². The van der Waals surface area contributed by atoms with Crippen LogP contribution in [0.5, 0.6) is 0 Å². The molecule has 0 bridgehead atoms. The molecule has 1 unspecified atom stereocenters. The number of carboxylic acid groups (broad SMARTS) is 1. The van der Waals surface area contributed by atoms with Gasteiger partial charge in [-0.1, -0.05) is 98.8 Å². The number of aliphatic carboxylic acids is 1. The first kappa shape index (κ1) is 29.4. The van der Waals surface area contributed by atoms with Crippen LogP contribution in [0.3, 0.4) is 0 Å². The number of amides is 2. The molecular formula is C32H38N2O5. The SMILES string of the molecule is CCOC(=O)CCN(CC(C)C)C(=O)N[C@H](C(=O)O)C(Cc1ccccc1)c1ccc(-c2ccccc2)cc1. The lowest BCUT2D eigenvalue weighted by Gasteiger charge is -2.30. The molecule has 206 valence electrons. The lowest BCUT2D eigenvalue weighted by molar-refractivity contribution is -0.143. The third-order valence-electron chi connectivity index (χ3n) is 6.46. The molecule has 3 rings (SSSR count). The molecule has 7 heteroatoms. The summed E-state index contributed by atoms with van der Waals surface area (Å²) in [5.41, 5.74) is 3.87. The van der Waals surface area contributed by atoms with E-state index in [0.717, 1.165) is 22.3 Å². The minimum absolute atomic E-state index is 0.0418. The first-order valence-electron chi connectivity index (χ1n) is 13.4. The van der Waals surface area contributed by atoms with Crippen LogP contribution in [-0.2, 0) is 20.7 Å². The van der Waals surface area contributed by atoms with E-state index in [1.807, 2.05) is 98.8 Å². The molecule has 0 spiro atoms. The zero-order valence-corrected chi connectivity index (χ0v) is 22.9. The summed E-state index contributed by atoms with van der Waals surface area (Å²) in [4.78, 5) is 39.4. The second-order valence-corrected chi connectivity index (χ2v) is 9.94. The van der Waals surface area contributed by atoms with E-state index in [9.17, 15) is 19.5 Å². The van der Waals surface area contributed by atoms with Crippen molar-refractivity contribution in [1.29, 1.82) is 0 Å². The van der Waals surface area contributed by atoms with Crippen LogP contribution in [0.4, 0.5) is 4.79 Å². The van der Waals surface area contributed by atoms with Crippen molar-refractivity contribution in [3.05, 3.63) is 96.1 Å². The first-order valence-corrected chi connectivity index (χ1v) is 13.4. The van der Waals surface area contributed by atoms with E-state index in [2.05, 4.69) is 5.32 Å². The highest BCUT2D eigenvalue weighted by molar-refractivity contribution is 5.84. The third-order valence-corrected chi connectivity index (χ3v) is 6.46. The van der Waals surface area contributed by atoms with Gasteiger partial charge in [0.25, 0.3) is 0 Å². The fourth-order valence-corrected chi connectivity index (χ4v) is 4.58. The van der Waals surface area contributed by atoms with Crippen molar-refractivity contribution < 1.29 is 24.2 Å². The van der Waals surface area contributed by atoms with Gasteiger partial charge in [0.2, 0.25) is 0 Å². The Morgan fingerprint density at radius 1 is 0.872 bits per heavy atom. The number of carbonyl (C=O) groups excluding carboxylic acids is 2. The van der Waals surface area contributed by atoms with Crippen molar-refractivity contribution in [3.63, 3.8) is 0 Å². The van der Waals surface area contributed by atoms with Gasteiger partial charge >= 0.3 is 18.0 Å². The number of esters is 1. The largest absolute Gasteiger partial charge is 0.480 e. The second kappa shape index (κ2) is 14.7. The first-order chi connectivity index (χ1) is 18.8. The van der Waals surface area contributed by atoms with Crippen LogP contribution in [0.2, 0.25) is 0 Å². The topological polar surface area (TPSA) is 95.9 Å². The van der Waals surface area contributed by atoms with Crippen molar-refractivity contribution in [2.45, 2.75) is 45.6 Å². The van der Waals surface area contributed by atoms with Crippen molar-refractivity contribution in [3.8, 4) is 11.1 Å². The van der Waals surface area contributed by atoms with Gasteiger partial charge in [-0.2, -0.15) is 0 Å². The Morgan fingerprint density at radius 2 is 1.46 bits per heavy atom. The van der Waals surface area contributed by atoms with Gasteiger partial charge in [0, 0.05) is 19.0 Å². The Labute approximate surface area is 230 Å². The molecule has 39 heavy (non-hydrogen) atoms. The molecule has 7 nitrogen and oxygen atoms in total. The van der Waals surface area contributed by atoms with Crippen LogP contribution < -0.4 is 5.32 Å². The fraction of sp³-hybridized carbons (Fsp3) is 0.344. The highest BCUT2D eigenvalue weighted by Crippen LogP contribution is 2.28. The van der Waals surface area contributed by atoms with E-state index in [0.29, 0.717) is 13.0 Å². The molecule has 0 heterocycles. The summed E-state index contributed by atoms with van der Waals surface area (Å²) >= 11 is 0. The number of ether oxygens (including phenoxy) is 1. The van der Waals surface area contributed by atoms with Crippen LogP contribution in [0.25, 0.3) is 11.1 Å². The van der Waals surface area contributed by atoms with Gasteiger partial charge in [0.15, 0.2) is 0 Å². The van der Waals surface area contributed by atoms with Crippen molar-refractivity contribution in [2.75, 3.05) is 19.7 Å². The minimum Gasteiger partial charge on any atom is -0.480 e. The predicted molar refractivity (Wildman–Crippen MR) is 152 cm³/mol. The molecule has 2 atom stereocenters. The molecule has 2 N–H and O–H groups in total. The lowest BCUT2D eigenvalue weighted by Crippen LogP contribution is -2.52. The molecule has 0 aliphatic rings. The average Bonchev–Trinajstić information content (AvgIpc) is 2.94. The Morgan fingerprint density at radius 3 is 2.03 bits per heavy atom. The molecule has 3 aromatic carbocycles. The number of hydrogen-bond donors (Lipinski definition) is 2. The fourth-order valence-electron chi connectivity index (χ4n) is 4.58. The van der Waals surface area contributed by atoms with Gasteiger partial charge in [-0.15, -0.1) is 0 Å². The summed E-state index contributed by atoms with van der Waals surface area (Å²) in [5, 5.41) is 13.1. The van der Waals surface area contributed by atoms with E-state index in [4.69, 9.17) is 4.74 Å². The number of benzene rings is 3. The van der Waals surface area contributed by atoms with Gasteiger partial charge in [-0.25, -0.2) is 9.59 Å². The van der Waals surface area contributed by atoms with Gasteiger partial charge in [0.1, 0.15) is 6.04 Å². The minimum atomic E-state index is -1.18. The molecule has 0 radical (unpaired) electrons. The zero-order chi connectivity index (χ0) is 28.2. The Balaban J connectivity index is 1.89. The second-order valence-electron chi connectivity index (χ2n) is 9.94. The molecular weight excluding hydrogens is 492 g/mol. The van der Waals surface area contributed by atoms with E-state index >= 15 is 0 Å². The van der Waals surface area contributed by atoms with Crippen molar-refractivity contribution >= 4 is 18.0 Å². The smallest absolute Gasteiger partial charge is 0.326 e. The summed E-state index contributed by atoms with van der Waals surface area (Å²) in [6.45, 7) is 6.45. The number of urea groups is 1. The molecule has 0 aliphatic carbocycles. The highest BCUT2D eigenvalue weighted by atomic mass is 16.5. The molecule has 0 saturated heterocycles. The summed E-state index contributed by atoms with van der Waals surface area (Å²) in [7, 11) is 0. The maximum Gasteiger partial charge on any atom is 0.326 e. The zero-order valence-electron chi connectivity index (χ0n) is 22.9. The standard InChI is InChI=1S/C32H38N2O5/c1-4-39-29(35)19-20-34(22-23(2)3)32(38)33-30(31(36)37)28(21-24-11-7-5-8-12-24)27-17-15-26(16-18-27)25-13-9-6-10-14-25/h5-18,23,28,30H,4,19-22H2,1-3H3,(H,33,38)(H,36,37)/t28?,30-/m0/s1. The normalized spacial score (nSPS) is 12.4. The number of carbonyl (C=O) groups is 3. The summed E-state index contributed by atoms with van der Waals surface area (Å²) < 4.78 is 5.01. The Bertz CT molecular complexity index is 1200. The number of rotatable bonds is 13. The van der Waals surface area contributed by atoms with E-state index in [-0.39, 0.29) is 25.5 Å². The summed E-state index contributed by atoms with van der Waals surface area (Å²) in [5.74, 6) is -1.91. The Hall–Kier alpha value is -4.13. The molecule has 3 aromatic rings. The van der Waals surface area contributed by atoms with Crippen LogP contribution in [0.1, 0.15) is 44.2 Å². The van der Waals surface area contributed by atoms with E-state index < -0.39 is 29.9 Å². The van der Waals surface area contributed by atoms with Crippen LogP contribution in [-0.4, -0.2) is 53.7 Å². The molecule has 0 aliphatic heterocycles. The van der Waals surface area contributed by atoms with Gasteiger partial charge in [0.05, 0.1) is 13.0 Å². The van der Waals surface area contributed by atoms with Crippen LogP contribution in [0.15, 0.2) is 84.9 Å². The maximum atomic E-state index is 13.4. The van der Waals surface area contributed by atoms with Crippen LogP contribution in [0, 0.1) is 5.92 Å². The van der Waals surface area contributed by atoms with Crippen molar-refractivity contribution in [1.82, 2.24) is 10.2 Å². The summed E-state index contributed by atoms with van der Waals surface area (Å²) in [6.07, 6.45) is 0.468. The Kier molecular flexibility index (Phi) is 11.1. The number of hydrogen-bond acceptors (Lipinski definition) is 4. The van der Waals surface area contributed by atoms with Gasteiger partial charge < -0.3 is 20.1 Å². The molecule has 0 saturated carbocycles. The molecule has 0 fully saturated rings. The predicted octanol–water partition coefficient (Wildman–Crippen LogP) is 5.75. The van der Waals surface area contributed by atoms with Crippen LogP contribution >= 0.6 is 0 Å². The average molecular weight is 531 g/mol. The van der Waals surface area contributed by atoms with E-state index in [1.54, 1.807) is 6.92 Å². The quantitative estimate of drug-likeness (QED) is 0.274. The van der Waals surface area contributed by atoms with Gasteiger partial charge in [-0.05, 0) is 41.5 Å². The number of nitrogens with zero attached hydrogens (tertiary/aromatic N) is 1. The lowest BCUT2D eigenvalue weighted by atomic mass is 9.85. The maximum absolute atomic E-state index is 13.4.